The van der Waals surface area contributed by atoms with Gasteiger partial charge in [-0.3, -0.25) is 4.79 Å². The number of anilines is 1. The molecule has 124 valence electrons. The molecule has 0 bridgehead atoms. The van der Waals surface area contributed by atoms with Crippen molar-refractivity contribution >= 4 is 21.6 Å². The number of amides is 1. The van der Waals surface area contributed by atoms with Gasteiger partial charge in [0, 0.05) is 18.7 Å². The fourth-order valence-electron chi connectivity index (χ4n) is 1.92. The van der Waals surface area contributed by atoms with Crippen molar-refractivity contribution in [2.75, 3.05) is 18.1 Å². The van der Waals surface area contributed by atoms with Crippen molar-refractivity contribution in [2.24, 2.45) is 0 Å². The number of rotatable bonds is 7. The van der Waals surface area contributed by atoms with Crippen LogP contribution >= 0.6 is 0 Å². The minimum atomic E-state index is -3.47. The molecule has 1 amide bonds. The average molecular weight is 340 g/mol. The molecule has 2 aromatic rings. The summed E-state index contributed by atoms with van der Waals surface area (Å²) in [5.74, 6) is -0.260. The number of hydrogen-bond acceptors (Lipinski definition) is 4. The van der Waals surface area contributed by atoms with Gasteiger partial charge in [-0.2, -0.15) is 4.31 Å². The van der Waals surface area contributed by atoms with E-state index in [0.717, 1.165) is 10.6 Å². The summed E-state index contributed by atoms with van der Waals surface area (Å²) in [5.41, 5.74) is 0.452. The number of halogens is 1. The van der Waals surface area contributed by atoms with E-state index in [1.807, 2.05) is 0 Å². The molecule has 0 aliphatic rings. The summed E-state index contributed by atoms with van der Waals surface area (Å²) < 4.78 is 42.6. The zero-order valence-electron chi connectivity index (χ0n) is 12.5. The van der Waals surface area contributed by atoms with Crippen molar-refractivity contribution in [2.45, 2.75) is 13.0 Å². The van der Waals surface area contributed by atoms with Crippen LogP contribution in [0.1, 0.15) is 12.2 Å². The fourth-order valence-corrected chi connectivity index (χ4v) is 2.71. The van der Waals surface area contributed by atoms with Crippen LogP contribution in [0.3, 0.4) is 0 Å². The Morgan fingerprint density at radius 2 is 1.96 bits per heavy atom. The SMILES string of the molecule is CS(=O)(=O)N(CCC(=O)Nc1ccc(F)cc1)Cc1ccco1. The number of hydrogen-bond donors (Lipinski definition) is 1. The van der Waals surface area contributed by atoms with Gasteiger partial charge in [0.1, 0.15) is 11.6 Å². The topological polar surface area (TPSA) is 79.6 Å². The molecule has 0 radical (unpaired) electrons. The molecule has 0 saturated heterocycles. The Balaban J connectivity index is 1.92. The molecule has 1 aromatic heterocycles. The predicted octanol–water partition coefficient (Wildman–Crippen LogP) is 2.21. The third-order valence-corrected chi connectivity index (χ3v) is 4.35. The van der Waals surface area contributed by atoms with Gasteiger partial charge in [0.25, 0.3) is 0 Å². The molecule has 0 aliphatic carbocycles. The summed E-state index contributed by atoms with van der Waals surface area (Å²) in [6.07, 6.45) is 2.51. The monoisotopic (exact) mass is 340 g/mol. The smallest absolute Gasteiger partial charge is 0.225 e. The maximum atomic E-state index is 12.8. The first kappa shape index (κ1) is 17.2. The first-order chi connectivity index (χ1) is 10.8. The van der Waals surface area contributed by atoms with E-state index in [0.29, 0.717) is 11.4 Å². The van der Waals surface area contributed by atoms with Crippen LogP contribution in [0, 0.1) is 5.82 Å². The lowest BCUT2D eigenvalue weighted by Gasteiger charge is -2.18. The zero-order valence-corrected chi connectivity index (χ0v) is 13.3. The Labute approximate surface area is 134 Å². The Kier molecular flexibility index (Phi) is 5.51. The van der Waals surface area contributed by atoms with Crippen LogP contribution in [-0.2, 0) is 21.4 Å². The molecule has 0 fully saturated rings. The second kappa shape index (κ2) is 7.38. The highest BCUT2D eigenvalue weighted by Gasteiger charge is 2.19. The van der Waals surface area contributed by atoms with Crippen molar-refractivity contribution in [3.63, 3.8) is 0 Å². The highest BCUT2D eigenvalue weighted by atomic mass is 32.2. The van der Waals surface area contributed by atoms with Crippen molar-refractivity contribution < 1.29 is 22.0 Å². The summed E-state index contributed by atoms with van der Waals surface area (Å²) in [6, 6.07) is 8.66. The van der Waals surface area contributed by atoms with Gasteiger partial charge in [-0.05, 0) is 36.4 Å². The van der Waals surface area contributed by atoms with E-state index >= 15 is 0 Å². The molecule has 8 heteroatoms. The second-order valence-electron chi connectivity index (χ2n) is 4.98. The van der Waals surface area contributed by atoms with Crippen molar-refractivity contribution in [3.8, 4) is 0 Å². The van der Waals surface area contributed by atoms with Crippen LogP contribution in [-0.4, -0.2) is 31.4 Å². The van der Waals surface area contributed by atoms with Gasteiger partial charge in [0.15, 0.2) is 0 Å². The lowest BCUT2D eigenvalue weighted by molar-refractivity contribution is -0.116. The normalized spacial score (nSPS) is 11.6. The molecule has 0 unspecified atom stereocenters. The average Bonchev–Trinajstić information content (AvgIpc) is 2.98. The lowest BCUT2D eigenvalue weighted by atomic mass is 10.3. The molecule has 23 heavy (non-hydrogen) atoms. The van der Waals surface area contributed by atoms with Crippen LogP contribution in [0.5, 0.6) is 0 Å². The minimum absolute atomic E-state index is 0.0204. The van der Waals surface area contributed by atoms with Gasteiger partial charge in [-0.25, -0.2) is 12.8 Å². The van der Waals surface area contributed by atoms with Crippen LogP contribution in [0.15, 0.2) is 47.1 Å². The molecular formula is C15H17FN2O4S. The van der Waals surface area contributed by atoms with E-state index in [4.69, 9.17) is 4.42 Å². The molecule has 2 rings (SSSR count). The van der Waals surface area contributed by atoms with Crippen LogP contribution < -0.4 is 5.32 Å². The van der Waals surface area contributed by atoms with Gasteiger partial charge in [-0.1, -0.05) is 0 Å². The molecule has 0 aliphatic heterocycles. The van der Waals surface area contributed by atoms with E-state index in [1.54, 1.807) is 12.1 Å². The lowest BCUT2D eigenvalue weighted by Crippen LogP contribution is -2.32. The van der Waals surface area contributed by atoms with E-state index in [1.165, 1.54) is 30.5 Å². The summed E-state index contributed by atoms with van der Waals surface area (Å²) in [6.45, 7) is 0.0855. The van der Waals surface area contributed by atoms with Crippen molar-refractivity contribution in [1.29, 1.82) is 0 Å². The van der Waals surface area contributed by atoms with E-state index in [2.05, 4.69) is 5.32 Å². The highest BCUT2D eigenvalue weighted by Crippen LogP contribution is 2.11. The van der Waals surface area contributed by atoms with Crippen LogP contribution in [0.25, 0.3) is 0 Å². The number of carbonyl (C=O) groups is 1. The first-order valence-electron chi connectivity index (χ1n) is 6.87. The quantitative estimate of drug-likeness (QED) is 0.838. The molecule has 0 saturated carbocycles. The zero-order chi connectivity index (χ0) is 16.9. The number of carbonyl (C=O) groups excluding carboxylic acids is 1. The third-order valence-electron chi connectivity index (χ3n) is 3.10. The maximum Gasteiger partial charge on any atom is 0.225 e. The van der Waals surface area contributed by atoms with Gasteiger partial charge in [0.2, 0.25) is 15.9 Å². The van der Waals surface area contributed by atoms with Gasteiger partial charge in [-0.15, -0.1) is 0 Å². The van der Waals surface area contributed by atoms with Gasteiger partial charge in [0.05, 0.1) is 19.1 Å². The summed E-state index contributed by atoms with van der Waals surface area (Å²) in [5, 5.41) is 2.58. The molecular weight excluding hydrogens is 323 g/mol. The summed E-state index contributed by atoms with van der Waals surface area (Å²) in [4.78, 5) is 11.9. The Hall–Kier alpha value is -2.19. The number of furan rings is 1. The van der Waals surface area contributed by atoms with Gasteiger partial charge >= 0.3 is 0 Å². The predicted molar refractivity (Wildman–Crippen MR) is 83.6 cm³/mol. The number of nitrogens with one attached hydrogen (secondary N) is 1. The van der Waals surface area contributed by atoms with Gasteiger partial charge < -0.3 is 9.73 Å². The van der Waals surface area contributed by atoms with Crippen LogP contribution in [0.2, 0.25) is 0 Å². The molecule has 1 heterocycles. The van der Waals surface area contributed by atoms with Crippen molar-refractivity contribution in [1.82, 2.24) is 4.31 Å². The molecule has 0 spiro atoms. The van der Waals surface area contributed by atoms with E-state index in [-0.39, 0.29) is 25.4 Å². The van der Waals surface area contributed by atoms with Crippen LogP contribution in [0.4, 0.5) is 10.1 Å². The fraction of sp³-hybridized carbons (Fsp3) is 0.267. The molecule has 1 aromatic carbocycles. The number of sulfonamides is 1. The maximum absolute atomic E-state index is 12.8. The highest BCUT2D eigenvalue weighted by molar-refractivity contribution is 7.88. The Morgan fingerprint density at radius 3 is 2.52 bits per heavy atom. The number of benzene rings is 1. The van der Waals surface area contributed by atoms with Crippen molar-refractivity contribution in [3.05, 3.63) is 54.2 Å². The Bertz CT molecular complexity index is 742. The second-order valence-corrected chi connectivity index (χ2v) is 6.96. The Morgan fingerprint density at radius 1 is 1.26 bits per heavy atom. The molecule has 0 atom stereocenters. The third kappa shape index (κ3) is 5.50. The summed E-state index contributed by atoms with van der Waals surface area (Å²) >= 11 is 0. The minimum Gasteiger partial charge on any atom is -0.468 e. The standard InChI is InChI=1S/C15H17FN2O4S/c1-23(20,21)18(11-14-3-2-10-22-14)9-8-15(19)17-13-6-4-12(16)5-7-13/h2-7,10H,8-9,11H2,1H3,(H,17,19). The molecule has 1 N–H and O–H groups in total. The summed E-state index contributed by atoms with van der Waals surface area (Å²) in [7, 11) is -3.47. The number of nitrogens with zero attached hydrogens (tertiary/aromatic N) is 1. The largest absolute Gasteiger partial charge is 0.468 e. The van der Waals surface area contributed by atoms with E-state index in [9.17, 15) is 17.6 Å². The molecule has 6 nitrogen and oxygen atoms in total. The van der Waals surface area contributed by atoms with E-state index < -0.39 is 15.8 Å². The first-order valence-corrected chi connectivity index (χ1v) is 8.72.